The molecule has 0 spiro atoms. The molecule has 0 bridgehead atoms. The lowest BCUT2D eigenvalue weighted by Gasteiger charge is -1.99. The molecule has 6 N–H and O–H groups in total. The molecule has 0 atom stereocenters. The summed E-state index contributed by atoms with van der Waals surface area (Å²) >= 11 is 0. The molecule has 0 aliphatic heterocycles. The number of anilines is 1. The molecule has 2 aromatic carbocycles. The van der Waals surface area contributed by atoms with Crippen LogP contribution >= 0.6 is 0 Å². The zero-order chi connectivity index (χ0) is 16.8. The number of aromatic hydroxyl groups is 1. The van der Waals surface area contributed by atoms with Gasteiger partial charge >= 0.3 is 5.97 Å². The number of hydrazine groups is 1. The summed E-state index contributed by atoms with van der Waals surface area (Å²) < 4.78 is 29.7. The number of hydrogen-bond acceptors (Lipinski definition) is 6. The average Bonchev–Trinajstić information content (AvgIpc) is 2.47. The summed E-state index contributed by atoms with van der Waals surface area (Å²) in [5, 5.41) is 17.5. The number of aromatic carboxylic acids is 1. The smallest absolute Gasteiger partial charge is 0.335 e. The van der Waals surface area contributed by atoms with E-state index in [0.717, 1.165) is 12.1 Å². The van der Waals surface area contributed by atoms with Gasteiger partial charge in [-0.15, -0.1) is 0 Å². The maximum Gasteiger partial charge on any atom is 0.335 e. The highest BCUT2D eigenvalue weighted by Crippen LogP contribution is 2.19. The quantitative estimate of drug-likeness (QED) is 0.245. The Bertz CT molecular complexity index is 761. The number of carbonyl (C=O) groups is 1. The third kappa shape index (κ3) is 5.05. The maximum absolute atomic E-state index is 10.6. The summed E-state index contributed by atoms with van der Waals surface area (Å²) in [4.78, 5) is 9.98. The molecule has 0 saturated carbocycles. The van der Waals surface area contributed by atoms with Crippen LogP contribution in [0.25, 0.3) is 0 Å². The molecule has 0 radical (unpaired) electrons. The molecule has 0 fully saturated rings. The SMILES string of the molecule is NNc1ccccc1O.O=C(O)c1cccc(S(=O)(=O)O)c1. The van der Waals surface area contributed by atoms with Gasteiger partial charge in [-0.1, -0.05) is 18.2 Å². The van der Waals surface area contributed by atoms with Crippen LogP contribution in [0.4, 0.5) is 5.69 Å². The van der Waals surface area contributed by atoms with Gasteiger partial charge in [-0.2, -0.15) is 8.42 Å². The molecule has 0 saturated heterocycles. The zero-order valence-corrected chi connectivity index (χ0v) is 12.0. The highest BCUT2D eigenvalue weighted by atomic mass is 32.2. The second kappa shape index (κ2) is 7.41. The summed E-state index contributed by atoms with van der Waals surface area (Å²) in [6, 6.07) is 11.2. The predicted octanol–water partition coefficient (Wildman–Crippen LogP) is 1.31. The largest absolute Gasteiger partial charge is 0.506 e. The lowest BCUT2D eigenvalue weighted by Crippen LogP contribution is -2.06. The van der Waals surface area contributed by atoms with Crippen molar-refractivity contribution in [3.05, 3.63) is 54.1 Å². The highest BCUT2D eigenvalue weighted by Gasteiger charge is 2.11. The first-order valence-corrected chi connectivity index (χ1v) is 7.25. The van der Waals surface area contributed by atoms with Gasteiger partial charge in [0.15, 0.2) is 0 Å². The monoisotopic (exact) mass is 326 g/mol. The van der Waals surface area contributed by atoms with Crippen molar-refractivity contribution in [2.75, 3.05) is 5.43 Å². The van der Waals surface area contributed by atoms with Crippen molar-refractivity contribution in [3.8, 4) is 5.75 Å². The fourth-order valence-electron chi connectivity index (χ4n) is 1.39. The van der Waals surface area contributed by atoms with Crippen LogP contribution in [-0.2, 0) is 10.1 Å². The van der Waals surface area contributed by atoms with Gasteiger partial charge in [-0.05, 0) is 30.3 Å². The third-order valence-electron chi connectivity index (χ3n) is 2.44. The van der Waals surface area contributed by atoms with Crippen molar-refractivity contribution < 1.29 is 28.0 Å². The summed E-state index contributed by atoms with van der Waals surface area (Å²) in [5.41, 5.74) is 2.70. The van der Waals surface area contributed by atoms with Crippen LogP contribution in [0.15, 0.2) is 53.4 Å². The fraction of sp³-hybridized carbons (Fsp3) is 0. The van der Waals surface area contributed by atoms with Crippen LogP contribution in [0.5, 0.6) is 5.75 Å². The minimum Gasteiger partial charge on any atom is -0.506 e. The molecule has 0 heterocycles. The molecule has 2 rings (SSSR count). The minimum absolute atomic E-state index is 0.167. The second-order valence-corrected chi connectivity index (χ2v) is 5.39. The van der Waals surface area contributed by atoms with E-state index in [9.17, 15) is 13.2 Å². The molecule has 8 nitrogen and oxygen atoms in total. The van der Waals surface area contributed by atoms with Crippen LogP contribution in [0, 0.1) is 0 Å². The van der Waals surface area contributed by atoms with E-state index in [-0.39, 0.29) is 11.3 Å². The molecular formula is C13H14N2O6S. The Balaban J connectivity index is 0.000000235. The first kappa shape index (κ1) is 17.4. The minimum atomic E-state index is -4.32. The number of hydrogen-bond donors (Lipinski definition) is 5. The van der Waals surface area contributed by atoms with E-state index < -0.39 is 21.0 Å². The lowest BCUT2D eigenvalue weighted by atomic mass is 10.2. The Hall–Kier alpha value is -2.62. The number of phenolic OH excluding ortho intramolecular Hbond substituents is 1. The number of nitrogens with two attached hydrogens (primary N) is 1. The van der Waals surface area contributed by atoms with Crippen molar-refractivity contribution in [2.45, 2.75) is 4.90 Å². The standard InChI is InChI=1S/C7H6O5S.C6H8N2O/c8-7(9)5-2-1-3-6(4-5)13(10,11)12;7-8-5-3-1-2-4-6(5)9/h1-4H,(H,8,9)(H,10,11,12);1-4,8-9H,7H2. The molecule has 2 aromatic rings. The Morgan fingerprint density at radius 3 is 2.18 bits per heavy atom. The predicted molar refractivity (Wildman–Crippen MR) is 79.1 cm³/mol. The number of para-hydroxylation sites is 2. The first-order chi connectivity index (χ1) is 10.3. The van der Waals surface area contributed by atoms with Gasteiger partial charge in [0.1, 0.15) is 5.75 Å². The molecule has 0 aliphatic rings. The van der Waals surface area contributed by atoms with Gasteiger partial charge in [0.2, 0.25) is 0 Å². The molecule has 118 valence electrons. The number of rotatable bonds is 3. The van der Waals surface area contributed by atoms with Gasteiger partial charge in [0.05, 0.1) is 16.1 Å². The van der Waals surface area contributed by atoms with Gasteiger partial charge in [-0.3, -0.25) is 10.4 Å². The van der Waals surface area contributed by atoms with E-state index >= 15 is 0 Å². The number of phenols is 1. The number of nitrogen functional groups attached to an aromatic ring is 1. The summed E-state index contributed by atoms with van der Waals surface area (Å²) in [6.45, 7) is 0. The van der Waals surface area contributed by atoms with Crippen LogP contribution in [-0.4, -0.2) is 29.2 Å². The summed E-state index contributed by atoms with van der Waals surface area (Å²) in [6.07, 6.45) is 0. The van der Waals surface area contributed by atoms with Gasteiger partial charge in [-0.25, -0.2) is 4.79 Å². The molecule has 0 aliphatic carbocycles. The van der Waals surface area contributed by atoms with Crippen molar-refractivity contribution in [1.29, 1.82) is 0 Å². The Morgan fingerprint density at radius 2 is 1.73 bits per heavy atom. The molecule has 9 heteroatoms. The normalized spacial score (nSPS) is 10.3. The second-order valence-electron chi connectivity index (χ2n) is 3.97. The van der Waals surface area contributed by atoms with E-state index in [2.05, 4.69) is 5.43 Å². The fourth-order valence-corrected chi connectivity index (χ4v) is 1.91. The van der Waals surface area contributed by atoms with Crippen LogP contribution in [0.3, 0.4) is 0 Å². The summed E-state index contributed by atoms with van der Waals surface area (Å²) in [7, 11) is -4.32. The zero-order valence-electron chi connectivity index (χ0n) is 11.2. The van der Waals surface area contributed by atoms with Crippen LogP contribution < -0.4 is 11.3 Å². The van der Waals surface area contributed by atoms with E-state index in [1.54, 1.807) is 24.3 Å². The molecule has 0 amide bonds. The topological polar surface area (TPSA) is 150 Å². The molecule has 0 unspecified atom stereocenters. The highest BCUT2D eigenvalue weighted by molar-refractivity contribution is 7.85. The number of carboxylic acid groups (broad SMARTS) is 1. The summed E-state index contributed by atoms with van der Waals surface area (Å²) in [5.74, 6) is 3.96. The molecular weight excluding hydrogens is 312 g/mol. The van der Waals surface area contributed by atoms with Gasteiger partial charge in [0, 0.05) is 0 Å². The Kier molecular flexibility index (Phi) is 5.87. The molecule has 0 aromatic heterocycles. The van der Waals surface area contributed by atoms with Gasteiger partial charge in [0.25, 0.3) is 10.1 Å². The van der Waals surface area contributed by atoms with Crippen LogP contribution in [0.1, 0.15) is 10.4 Å². The number of nitrogens with one attached hydrogen (secondary N) is 1. The third-order valence-corrected chi connectivity index (χ3v) is 3.29. The van der Waals surface area contributed by atoms with E-state index in [4.69, 9.17) is 20.6 Å². The van der Waals surface area contributed by atoms with Crippen LogP contribution in [0.2, 0.25) is 0 Å². The average molecular weight is 326 g/mol. The van der Waals surface area contributed by atoms with E-state index in [1.165, 1.54) is 12.1 Å². The van der Waals surface area contributed by atoms with Crippen molar-refractivity contribution in [2.24, 2.45) is 5.84 Å². The van der Waals surface area contributed by atoms with Crippen molar-refractivity contribution >= 4 is 21.8 Å². The maximum atomic E-state index is 10.6. The number of benzene rings is 2. The number of carboxylic acids is 1. The lowest BCUT2D eigenvalue weighted by molar-refractivity contribution is 0.0696. The van der Waals surface area contributed by atoms with E-state index in [1.807, 2.05) is 0 Å². The first-order valence-electron chi connectivity index (χ1n) is 5.81. The molecule has 22 heavy (non-hydrogen) atoms. The van der Waals surface area contributed by atoms with Crippen molar-refractivity contribution in [1.82, 2.24) is 0 Å². The Labute approximate surface area is 126 Å². The Morgan fingerprint density at radius 1 is 1.09 bits per heavy atom. The van der Waals surface area contributed by atoms with E-state index in [0.29, 0.717) is 5.69 Å². The van der Waals surface area contributed by atoms with Crippen molar-refractivity contribution in [3.63, 3.8) is 0 Å². The van der Waals surface area contributed by atoms with Gasteiger partial charge < -0.3 is 15.6 Å².